The number of hydrogen-bond acceptors (Lipinski definition) is 6. The number of hydrazine groups is 1. The van der Waals surface area contributed by atoms with E-state index in [1.807, 2.05) is 47.3 Å². The van der Waals surface area contributed by atoms with Crippen LogP contribution < -0.4 is 10.9 Å². The average Bonchev–Trinajstić information content (AvgIpc) is 3.36. The van der Waals surface area contributed by atoms with Gasteiger partial charge in [0.25, 0.3) is 0 Å². The van der Waals surface area contributed by atoms with Crippen molar-refractivity contribution >= 4 is 29.5 Å². The summed E-state index contributed by atoms with van der Waals surface area (Å²) >= 11 is 3.80. The summed E-state index contributed by atoms with van der Waals surface area (Å²) < 4.78 is 25.6. The van der Waals surface area contributed by atoms with Crippen molar-refractivity contribution in [1.82, 2.24) is 25.6 Å². The van der Waals surface area contributed by atoms with E-state index in [1.165, 1.54) is 0 Å². The Morgan fingerprint density at radius 2 is 2.11 bits per heavy atom. The molecule has 0 amide bonds. The van der Waals surface area contributed by atoms with Gasteiger partial charge in [0.15, 0.2) is 5.65 Å². The van der Waals surface area contributed by atoms with Crippen LogP contribution in [0.15, 0.2) is 53.8 Å². The zero-order valence-electron chi connectivity index (χ0n) is 15.4. The number of halogens is 2. The summed E-state index contributed by atoms with van der Waals surface area (Å²) in [6.45, 7) is 1.52. The van der Waals surface area contributed by atoms with Gasteiger partial charge in [0, 0.05) is 23.6 Å². The van der Waals surface area contributed by atoms with Crippen molar-refractivity contribution in [2.75, 3.05) is 12.4 Å². The summed E-state index contributed by atoms with van der Waals surface area (Å²) in [5.74, 6) is -1.11. The maximum atomic E-state index is 11.9. The predicted octanol–water partition coefficient (Wildman–Crippen LogP) is 3.58. The average molecular weight is 404 g/mol. The van der Waals surface area contributed by atoms with E-state index in [-0.39, 0.29) is 6.42 Å². The highest BCUT2D eigenvalue weighted by Gasteiger charge is 2.18. The molecule has 1 aliphatic heterocycles. The SMILES string of the molecule is CC(F)(F)CCCS.c1cc(C2=NCNN2)cc(-n2ncc3cccnc32)c1. The molecule has 0 aliphatic carbocycles. The number of amidine groups is 1. The number of alkyl halides is 2. The van der Waals surface area contributed by atoms with Gasteiger partial charge in [0.1, 0.15) is 12.5 Å². The maximum Gasteiger partial charge on any atom is 0.245 e. The van der Waals surface area contributed by atoms with Crippen LogP contribution in [0.25, 0.3) is 16.7 Å². The number of nitrogens with zero attached hydrogens (tertiary/aromatic N) is 4. The van der Waals surface area contributed by atoms with Gasteiger partial charge in [-0.15, -0.1) is 0 Å². The molecule has 148 valence electrons. The highest BCUT2D eigenvalue weighted by Crippen LogP contribution is 2.18. The van der Waals surface area contributed by atoms with Crippen molar-refractivity contribution in [3.05, 3.63) is 54.4 Å². The highest BCUT2D eigenvalue weighted by molar-refractivity contribution is 7.80. The van der Waals surface area contributed by atoms with Crippen LogP contribution in [-0.4, -0.2) is 38.9 Å². The first kappa shape index (κ1) is 20.2. The Morgan fingerprint density at radius 3 is 2.79 bits per heavy atom. The van der Waals surface area contributed by atoms with E-state index in [4.69, 9.17) is 0 Å². The van der Waals surface area contributed by atoms with Gasteiger partial charge < -0.3 is 5.43 Å². The van der Waals surface area contributed by atoms with Gasteiger partial charge in [-0.25, -0.2) is 28.9 Å². The quantitative estimate of drug-likeness (QED) is 0.569. The van der Waals surface area contributed by atoms with Crippen molar-refractivity contribution in [2.24, 2.45) is 4.99 Å². The molecule has 1 aliphatic rings. The minimum atomic E-state index is -2.50. The summed E-state index contributed by atoms with van der Waals surface area (Å²) in [5, 5.41) is 5.44. The van der Waals surface area contributed by atoms with Crippen LogP contribution in [0.1, 0.15) is 25.3 Å². The maximum absolute atomic E-state index is 11.9. The predicted molar refractivity (Wildman–Crippen MR) is 110 cm³/mol. The zero-order chi connectivity index (χ0) is 20.0. The first-order valence-corrected chi connectivity index (χ1v) is 9.53. The smallest absolute Gasteiger partial charge is 0.245 e. The number of rotatable bonds is 5. The second-order valence-electron chi connectivity index (χ2n) is 6.39. The normalized spacial score (nSPS) is 13.6. The van der Waals surface area contributed by atoms with E-state index >= 15 is 0 Å². The van der Waals surface area contributed by atoms with Crippen LogP contribution in [0.3, 0.4) is 0 Å². The number of hydrogen-bond donors (Lipinski definition) is 3. The molecule has 4 rings (SSSR count). The Kier molecular flexibility index (Phi) is 6.58. The Bertz CT molecular complexity index is 951. The van der Waals surface area contributed by atoms with Crippen molar-refractivity contribution in [3.8, 4) is 5.69 Å². The first-order chi connectivity index (χ1) is 13.5. The Labute approximate surface area is 167 Å². The van der Waals surface area contributed by atoms with Crippen LogP contribution in [0.4, 0.5) is 8.78 Å². The summed E-state index contributed by atoms with van der Waals surface area (Å²) in [7, 11) is 0. The van der Waals surface area contributed by atoms with Gasteiger partial charge in [0.05, 0.1) is 11.9 Å². The lowest BCUT2D eigenvalue weighted by Gasteiger charge is -2.06. The van der Waals surface area contributed by atoms with Crippen LogP contribution in [0.5, 0.6) is 0 Å². The monoisotopic (exact) mass is 404 g/mol. The van der Waals surface area contributed by atoms with E-state index < -0.39 is 5.92 Å². The molecule has 9 heteroatoms. The minimum Gasteiger partial charge on any atom is -0.304 e. The van der Waals surface area contributed by atoms with E-state index in [0.717, 1.165) is 35.0 Å². The fourth-order valence-corrected chi connectivity index (χ4v) is 2.83. The molecular weight excluding hydrogens is 382 g/mol. The van der Waals surface area contributed by atoms with Crippen LogP contribution in [-0.2, 0) is 0 Å². The van der Waals surface area contributed by atoms with Gasteiger partial charge in [-0.05, 0) is 43.4 Å². The van der Waals surface area contributed by atoms with E-state index in [9.17, 15) is 8.78 Å². The fourth-order valence-electron chi connectivity index (χ4n) is 2.67. The second kappa shape index (κ2) is 9.11. The van der Waals surface area contributed by atoms with Gasteiger partial charge in [-0.2, -0.15) is 17.7 Å². The molecule has 0 radical (unpaired) electrons. The molecule has 1 aromatic carbocycles. The molecule has 0 atom stereocenters. The molecule has 0 spiro atoms. The third kappa shape index (κ3) is 5.26. The third-order valence-electron chi connectivity index (χ3n) is 3.99. The summed E-state index contributed by atoms with van der Waals surface area (Å²) in [6.07, 6.45) is 4.04. The number of nitrogens with one attached hydrogen (secondary N) is 2. The number of aliphatic imine (C=N–C) groups is 1. The number of thiol groups is 1. The van der Waals surface area contributed by atoms with Gasteiger partial charge >= 0.3 is 0 Å². The molecule has 2 aromatic heterocycles. The molecule has 0 saturated carbocycles. The largest absolute Gasteiger partial charge is 0.304 e. The van der Waals surface area contributed by atoms with E-state index in [2.05, 4.69) is 38.6 Å². The van der Waals surface area contributed by atoms with Gasteiger partial charge in [0.2, 0.25) is 5.92 Å². The van der Waals surface area contributed by atoms with Crippen molar-refractivity contribution in [1.29, 1.82) is 0 Å². The van der Waals surface area contributed by atoms with E-state index in [1.54, 1.807) is 6.20 Å². The van der Waals surface area contributed by atoms with Crippen LogP contribution in [0, 0.1) is 0 Å². The Hall–Kier alpha value is -2.52. The fraction of sp³-hybridized carbons (Fsp3) is 0.316. The molecule has 0 bridgehead atoms. The molecule has 2 N–H and O–H groups in total. The number of benzene rings is 1. The molecule has 3 aromatic rings. The van der Waals surface area contributed by atoms with Crippen LogP contribution >= 0.6 is 12.6 Å². The lowest BCUT2D eigenvalue weighted by molar-refractivity contribution is 0.0126. The number of fused-ring (bicyclic) bond motifs is 1. The topological polar surface area (TPSA) is 67.1 Å². The number of pyridine rings is 1. The summed E-state index contributed by atoms with van der Waals surface area (Å²) in [4.78, 5) is 8.73. The van der Waals surface area contributed by atoms with Gasteiger partial charge in [-0.3, -0.25) is 0 Å². The standard InChI is InChI=1S/C14H12N6.C5H10F2S/c1-3-10(13-16-9-17-19-13)7-12(5-1)20-14-11(8-18-20)4-2-6-15-14;1-5(6,7)3-2-4-8/h1-8,17H,9H2,(H,16,19);8H,2-4H2,1H3. The van der Waals surface area contributed by atoms with Crippen molar-refractivity contribution in [3.63, 3.8) is 0 Å². The molecular formula is C19H22F2N6S. The van der Waals surface area contributed by atoms with E-state index in [0.29, 0.717) is 18.8 Å². The summed E-state index contributed by atoms with van der Waals surface area (Å²) in [5.41, 5.74) is 8.84. The minimum absolute atomic E-state index is 0.0451. The van der Waals surface area contributed by atoms with Gasteiger partial charge in [-0.1, -0.05) is 12.1 Å². The number of aromatic nitrogens is 3. The first-order valence-electron chi connectivity index (χ1n) is 8.89. The lowest BCUT2D eigenvalue weighted by Crippen LogP contribution is -2.30. The Balaban J connectivity index is 0.000000242. The molecule has 0 unspecified atom stereocenters. The molecule has 6 nitrogen and oxygen atoms in total. The lowest BCUT2D eigenvalue weighted by atomic mass is 10.2. The second-order valence-corrected chi connectivity index (χ2v) is 6.83. The van der Waals surface area contributed by atoms with Crippen molar-refractivity contribution < 1.29 is 8.78 Å². The Morgan fingerprint density at radius 1 is 1.25 bits per heavy atom. The summed E-state index contributed by atoms with van der Waals surface area (Å²) in [6, 6.07) is 12.0. The third-order valence-corrected chi connectivity index (χ3v) is 4.31. The zero-order valence-corrected chi connectivity index (χ0v) is 16.3. The molecule has 0 saturated heterocycles. The molecule has 28 heavy (non-hydrogen) atoms. The van der Waals surface area contributed by atoms with Crippen LogP contribution in [0.2, 0.25) is 0 Å². The van der Waals surface area contributed by atoms with Crippen molar-refractivity contribution in [2.45, 2.75) is 25.7 Å². The molecule has 0 fully saturated rings. The highest BCUT2D eigenvalue weighted by atomic mass is 32.1. The molecule has 3 heterocycles.